The molecular formula is C10H13NO4. The first kappa shape index (κ1) is 11.5. The van der Waals surface area contributed by atoms with E-state index in [0.717, 1.165) is 0 Å². The van der Waals surface area contributed by atoms with E-state index in [-0.39, 0.29) is 6.61 Å². The second-order valence-electron chi connectivity index (χ2n) is 2.93. The molecule has 1 amide bonds. The van der Waals surface area contributed by atoms with Crippen LogP contribution in [-0.4, -0.2) is 35.6 Å². The number of hydrogen-bond acceptors (Lipinski definition) is 4. The van der Waals surface area contributed by atoms with E-state index in [2.05, 4.69) is 10.1 Å². The number of aliphatic hydroxyl groups is 2. The SMILES string of the molecule is O=C(Nc1ccccc1)OC[C@@H](O)CO. The van der Waals surface area contributed by atoms with Crippen molar-refractivity contribution in [3.8, 4) is 0 Å². The van der Waals surface area contributed by atoms with E-state index < -0.39 is 18.8 Å². The zero-order valence-electron chi connectivity index (χ0n) is 8.09. The van der Waals surface area contributed by atoms with E-state index in [1.54, 1.807) is 24.3 Å². The molecule has 1 aromatic rings. The lowest BCUT2D eigenvalue weighted by Crippen LogP contribution is -2.24. The van der Waals surface area contributed by atoms with E-state index in [0.29, 0.717) is 5.69 Å². The molecule has 82 valence electrons. The highest BCUT2D eigenvalue weighted by atomic mass is 16.6. The Morgan fingerprint density at radius 1 is 1.40 bits per heavy atom. The van der Waals surface area contributed by atoms with E-state index in [1.165, 1.54) is 0 Å². The highest BCUT2D eigenvalue weighted by Gasteiger charge is 2.07. The van der Waals surface area contributed by atoms with Gasteiger partial charge in [0.1, 0.15) is 12.7 Å². The Morgan fingerprint density at radius 2 is 2.07 bits per heavy atom. The third kappa shape index (κ3) is 4.44. The van der Waals surface area contributed by atoms with Gasteiger partial charge < -0.3 is 14.9 Å². The molecule has 0 aliphatic rings. The van der Waals surface area contributed by atoms with E-state index in [9.17, 15) is 4.79 Å². The van der Waals surface area contributed by atoms with Crippen LogP contribution in [0.3, 0.4) is 0 Å². The molecule has 3 N–H and O–H groups in total. The van der Waals surface area contributed by atoms with Crippen LogP contribution in [-0.2, 0) is 4.74 Å². The fraction of sp³-hybridized carbons (Fsp3) is 0.300. The maximum Gasteiger partial charge on any atom is 0.411 e. The number of carbonyl (C=O) groups is 1. The predicted octanol–water partition coefficient (Wildman–Crippen LogP) is 0.588. The number of nitrogens with one attached hydrogen (secondary N) is 1. The van der Waals surface area contributed by atoms with Crippen molar-refractivity contribution in [3.63, 3.8) is 0 Å². The van der Waals surface area contributed by atoms with Gasteiger partial charge in [-0.1, -0.05) is 18.2 Å². The lowest BCUT2D eigenvalue weighted by molar-refractivity contribution is 0.0362. The second kappa shape index (κ2) is 6.00. The summed E-state index contributed by atoms with van der Waals surface area (Å²) in [5, 5.41) is 19.9. The van der Waals surface area contributed by atoms with E-state index in [1.807, 2.05) is 6.07 Å². The lowest BCUT2D eigenvalue weighted by Gasteiger charge is -2.09. The molecule has 0 saturated heterocycles. The molecule has 1 aromatic carbocycles. The third-order valence-corrected chi connectivity index (χ3v) is 1.64. The number of para-hydroxylation sites is 1. The fourth-order valence-corrected chi connectivity index (χ4v) is 0.900. The van der Waals surface area contributed by atoms with Crippen LogP contribution in [0.2, 0.25) is 0 Å². The molecule has 0 saturated carbocycles. The molecule has 0 radical (unpaired) electrons. The number of rotatable bonds is 4. The molecule has 1 atom stereocenters. The van der Waals surface area contributed by atoms with Crippen LogP contribution in [0.1, 0.15) is 0 Å². The summed E-state index contributed by atoms with van der Waals surface area (Å²) >= 11 is 0. The minimum absolute atomic E-state index is 0.227. The molecular weight excluding hydrogens is 198 g/mol. The van der Waals surface area contributed by atoms with Crippen LogP contribution in [0.25, 0.3) is 0 Å². The zero-order valence-corrected chi connectivity index (χ0v) is 8.09. The molecule has 0 aliphatic heterocycles. The van der Waals surface area contributed by atoms with E-state index >= 15 is 0 Å². The first-order valence-corrected chi connectivity index (χ1v) is 4.50. The Morgan fingerprint density at radius 3 is 2.67 bits per heavy atom. The quantitative estimate of drug-likeness (QED) is 0.681. The van der Waals surface area contributed by atoms with Crippen LogP contribution < -0.4 is 5.32 Å². The van der Waals surface area contributed by atoms with Gasteiger partial charge in [-0.25, -0.2) is 4.79 Å². The summed E-state index contributed by atoms with van der Waals surface area (Å²) in [6, 6.07) is 8.80. The molecule has 0 bridgehead atoms. The van der Waals surface area contributed by atoms with Crippen molar-refractivity contribution in [3.05, 3.63) is 30.3 Å². The summed E-state index contributed by atoms with van der Waals surface area (Å²) in [6.45, 7) is -0.659. The van der Waals surface area contributed by atoms with Gasteiger partial charge in [0.25, 0.3) is 0 Å². The van der Waals surface area contributed by atoms with Gasteiger partial charge >= 0.3 is 6.09 Å². The van der Waals surface area contributed by atoms with Crippen molar-refractivity contribution in [1.29, 1.82) is 0 Å². The molecule has 0 spiro atoms. The van der Waals surface area contributed by atoms with Crippen molar-refractivity contribution in [2.75, 3.05) is 18.5 Å². The summed E-state index contributed by atoms with van der Waals surface area (Å²) in [5.74, 6) is 0. The topological polar surface area (TPSA) is 78.8 Å². The van der Waals surface area contributed by atoms with Crippen LogP contribution in [0.15, 0.2) is 30.3 Å². The summed E-state index contributed by atoms with van der Waals surface area (Å²) < 4.78 is 4.64. The molecule has 5 heteroatoms. The molecule has 1 rings (SSSR count). The normalized spacial score (nSPS) is 11.9. The number of amides is 1. The number of benzene rings is 1. The molecule has 0 unspecified atom stereocenters. The maximum atomic E-state index is 11.1. The largest absolute Gasteiger partial charge is 0.446 e. The Balaban J connectivity index is 2.31. The second-order valence-corrected chi connectivity index (χ2v) is 2.93. The molecule has 0 aliphatic carbocycles. The first-order valence-electron chi connectivity index (χ1n) is 4.50. The van der Waals surface area contributed by atoms with Crippen molar-refractivity contribution >= 4 is 11.8 Å². The zero-order chi connectivity index (χ0) is 11.1. The van der Waals surface area contributed by atoms with E-state index in [4.69, 9.17) is 10.2 Å². The summed E-state index contributed by atoms with van der Waals surface area (Å²) in [6.07, 6.45) is -1.69. The van der Waals surface area contributed by atoms with Gasteiger partial charge in [0.15, 0.2) is 0 Å². The van der Waals surface area contributed by atoms with Crippen LogP contribution in [0.4, 0.5) is 10.5 Å². The summed E-state index contributed by atoms with van der Waals surface area (Å²) in [7, 11) is 0. The molecule has 5 nitrogen and oxygen atoms in total. The van der Waals surface area contributed by atoms with Gasteiger partial charge in [-0.3, -0.25) is 5.32 Å². The Hall–Kier alpha value is -1.59. The smallest absolute Gasteiger partial charge is 0.411 e. The van der Waals surface area contributed by atoms with Gasteiger partial charge in [0.2, 0.25) is 0 Å². The first-order chi connectivity index (χ1) is 7.22. The summed E-state index contributed by atoms with van der Waals surface area (Å²) in [5.41, 5.74) is 0.612. The molecule has 0 aromatic heterocycles. The van der Waals surface area contributed by atoms with Crippen molar-refractivity contribution in [2.45, 2.75) is 6.10 Å². The average molecular weight is 211 g/mol. The van der Waals surface area contributed by atoms with Crippen molar-refractivity contribution in [1.82, 2.24) is 0 Å². The summed E-state index contributed by atoms with van der Waals surface area (Å²) in [4.78, 5) is 11.1. The van der Waals surface area contributed by atoms with Crippen LogP contribution >= 0.6 is 0 Å². The molecule has 15 heavy (non-hydrogen) atoms. The van der Waals surface area contributed by atoms with Crippen LogP contribution in [0.5, 0.6) is 0 Å². The highest BCUT2D eigenvalue weighted by molar-refractivity contribution is 5.84. The minimum atomic E-state index is -1.04. The predicted molar refractivity (Wildman–Crippen MR) is 54.5 cm³/mol. The average Bonchev–Trinajstić information content (AvgIpc) is 2.27. The number of ether oxygens (including phenoxy) is 1. The monoisotopic (exact) mass is 211 g/mol. The van der Waals surface area contributed by atoms with Crippen LogP contribution in [0, 0.1) is 0 Å². The third-order valence-electron chi connectivity index (χ3n) is 1.64. The molecule has 0 fully saturated rings. The number of anilines is 1. The number of aliphatic hydroxyl groups excluding tert-OH is 2. The van der Waals surface area contributed by atoms with Gasteiger partial charge in [0.05, 0.1) is 6.61 Å². The molecule has 0 heterocycles. The Labute approximate surface area is 87.3 Å². The maximum absolute atomic E-state index is 11.1. The standard InChI is InChI=1S/C10H13NO4/c12-6-9(13)7-15-10(14)11-8-4-2-1-3-5-8/h1-5,9,12-13H,6-7H2,(H,11,14)/t9-/m0/s1. The number of carbonyl (C=O) groups excluding carboxylic acids is 1. The number of hydrogen-bond donors (Lipinski definition) is 3. The van der Waals surface area contributed by atoms with Crippen molar-refractivity contribution < 1.29 is 19.7 Å². The van der Waals surface area contributed by atoms with Gasteiger partial charge in [0, 0.05) is 5.69 Å². The lowest BCUT2D eigenvalue weighted by atomic mass is 10.3. The minimum Gasteiger partial charge on any atom is -0.446 e. The fourth-order valence-electron chi connectivity index (χ4n) is 0.900. The Bertz CT molecular complexity index is 302. The highest BCUT2D eigenvalue weighted by Crippen LogP contribution is 2.05. The van der Waals surface area contributed by atoms with Gasteiger partial charge in [-0.15, -0.1) is 0 Å². The van der Waals surface area contributed by atoms with Gasteiger partial charge in [-0.05, 0) is 12.1 Å². The Kier molecular flexibility index (Phi) is 4.59. The van der Waals surface area contributed by atoms with Gasteiger partial charge in [-0.2, -0.15) is 0 Å². The van der Waals surface area contributed by atoms with Crippen molar-refractivity contribution in [2.24, 2.45) is 0 Å².